The number of anilines is 2. The molecular weight excluding hydrogens is 444 g/mol. The van der Waals surface area contributed by atoms with Gasteiger partial charge >= 0.3 is 0 Å². The molecule has 3 aromatic rings. The van der Waals surface area contributed by atoms with Gasteiger partial charge in [0.2, 0.25) is 0 Å². The lowest BCUT2D eigenvalue weighted by atomic mass is 10.1. The second-order valence-corrected chi connectivity index (χ2v) is 9.23. The van der Waals surface area contributed by atoms with Gasteiger partial charge in [-0.2, -0.15) is 0 Å². The Kier molecular flexibility index (Phi) is 6.27. The SMILES string of the molecule is O=C(c1ccc(NS(=O)(=O)c2ccccc2)cc1)N1CCN(c2ccc([N+](=O)[O-])cc2)CC1. The van der Waals surface area contributed by atoms with Crippen molar-refractivity contribution in [3.05, 3.63) is 94.5 Å². The molecule has 0 saturated carbocycles. The Morgan fingerprint density at radius 1 is 0.848 bits per heavy atom. The maximum Gasteiger partial charge on any atom is 0.269 e. The quantitative estimate of drug-likeness (QED) is 0.440. The molecule has 1 aliphatic heterocycles. The molecule has 0 bridgehead atoms. The van der Waals surface area contributed by atoms with Crippen LogP contribution in [0, 0.1) is 10.1 Å². The largest absolute Gasteiger partial charge is 0.368 e. The van der Waals surface area contributed by atoms with Gasteiger partial charge in [0.25, 0.3) is 21.6 Å². The van der Waals surface area contributed by atoms with Crippen LogP contribution >= 0.6 is 0 Å². The van der Waals surface area contributed by atoms with Crippen LogP contribution in [0.4, 0.5) is 17.1 Å². The predicted octanol–water partition coefficient (Wildman–Crippen LogP) is 3.36. The van der Waals surface area contributed by atoms with Gasteiger partial charge in [0, 0.05) is 55.2 Å². The first-order valence-corrected chi connectivity index (χ1v) is 11.8. The third-order valence-electron chi connectivity index (χ3n) is 5.43. The normalized spacial score (nSPS) is 14.1. The number of rotatable bonds is 6. The van der Waals surface area contributed by atoms with Gasteiger partial charge in [0.15, 0.2) is 0 Å². The predicted molar refractivity (Wildman–Crippen MR) is 125 cm³/mol. The molecule has 3 aromatic carbocycles. The maximum atomic E-state index is 12.9. The third kappa shape index (κ3) is 5.12. The number of nitrogens with zero attached hydrogens (tertiary/aromatic N) is 3. The Morgan fingerprint density at radius 2 is 1.45 bits per heavy atom. The van der Waals surface area contributed by atoms with E-state index in [4.69, 9.17) is 0 Å². The molecular formula is C23H22N4O5S. The van der Waals surface area contributed by atoms with Gasteiger partial charge in [-0.25, -0.2) is 8.42 Å². The van der Waals surface area contributed by atoms with Crippen molar-refractivity contribution in [2.24, 2.45) is 0 Å². The first-order valence-electron chi connectivity index (χ1n) is 10.3. The van der Waals surface area contributed by atoms with Crippen LogP contribution in [-0.4, -0.2) is 50.3 Å². The fraction of sp³-hybridized carbons (Fsp3) is 0.174. The summed E-state index contributed by atoms with van der Waals surface area (Å²) in [4.78, 5) is 27.2. The van der Waals surface area contributed by atoms with E-state index in [1.54, 1.807) is 59.5 Å². The van der Waals surface area contributed by atoms with E-state index < -0.39 is 14.9 Å². The van der Waals surface area contributed by atoms with Crippen molar-refractivity contribution in [1.82, 2.24) is 4.90 Å². The van der Waals surface area contributed by atoms with Crippen molar-refractivity contribution in [3.8, 4) is 0 Å². The lowest BCUT2D eigenvalue weighted by Gasteiger charge is -2.36. The van der Waals surface area contributed by atoms with Crippen LogP contribution in [-0.2, 0) is 10.0 Å². The van der Waals surface area contributed by atoms with E-state index in [2.05, 4.69) is 9.62 Å². The van der Waals surface area contributed by atoms with Gasteiger partial charge in [-0.15, -0.1) is 0 Å². The van der Waals surface area contributed by atoms with E-state index in [1.807, 2.05) is 0 Å². The molecule has 170 valence electrons. The molecule has 1 heterocycles. The van der Waals surface area contributed by atoms with Gasteiger partial charge in [-0.1, -0.05) is 18.2 Å². The van der Waals surface area contributed by atoms with Crippen LogP contribution in [0.2, 0.25) is 0 Å². The van der Waals surface area contributed by atoms with Crippen LogP contribution in [0.5, 0.6) is 0 Å². The summed E-state index contributed by atoms with van der Waals surface area (Å²) in [6.45, 7) is 2.24. The summed E-state index contributed by atoms with van der Waals surface area (Å²) in [5.41, 5.74) is 1.77. The molecule has 0 spiro atoms. The number of non-ortho nitro benzene ring substituents is 1. The monoisotopic (exact) mass is 466 g/mol. The summed E-state index contributed by atoms with van der Waals surface area (Å²) in [6.07, 6.45) is 0. The number of benzene rings is 3. The molecule has 1 amide bonds. The van der Waals surface area contributed by atoms with Gasteiger partial charge in [-0.05, 0) is 48.5 Å². The number of hydrogen-bond donors (Lipinski definition) is 1. The van der Waals surface area contributed by atoms with Gasteiger partial charge in [0.05, 0.1) is 9.82 Å². The number of nitro groups is 1. The highest BCUT2D eigenvalue weighted by molar-refractivity contribution is 7.92. The summed E-state index contributed by atoms with van der Waals surface area (Å²) >= 11 is 0. The molecule has 9 nitrogen and oxygen atoms in total. The number of carbonyl (C=O) groups excluding carboxylic acids is 1. The topological polar surface area (TPSA) is 113 Å². The van der Waals surface area contributed by atoms with Gasteiger partial charge in [0.1, 0.15) is 0 Å². The molecule has 0 atom stereocenters. The molecule has 33 heavy (non-hydrogen) atoms. The first kappa shape index (κ1) is 22.3. The van der Waals surface area contributed by atoms with E-state index in [9.17, 15) is 23.3 Å². The standard InChI is InChI=1S/C23H22N4O5S/c28-23(26-16-14-25(15-17-26)20-10-12-21(13-11-20)27(29)30)18-6-8-19(9-7-18)24-33(31,32)22-4-2-1-3-5-22/h1-13,24H,14-17H2. The fourth-order valence-electron chi connectivity index (χ4n) is 3.63. The lowest BCUT2D eigenvalue weighted by Crippen LogP contribution is -2.48. The van der Waals surface area contributed by atoms with Crippen LogP contribution in [0.15, 0.2) is 83.8 Å². The Labute approximate surface area is 191 Å². The summed E-state index contributed by atoms with van der Waals surface area (Å²) in [7, 11) is -3.70. The highest BCUT2D eigenvalue weighted by Crippen LogP contribution is 2.22. The van der Waals surface area contributed by atoms with Gasteiger partial charge in [-0.3, -0.25) is 19.6 Å². The van der Waals surface area contributed by atoms with E-state index >= 15 is 0 Å². The Hall–Kier alpha value is -3.92. The highest BCUT2D eigenvalue weighted by Gasteiger charge is 2.23. The first-order chi connectivity index (χ1) is 15.8. The maximum absolute atomic E-state index is 12.9. The van der Waals surface area contributed by atoms with E-state index in [0.29, 0.717) is 37.4 Å². The number of sulfonamides is 1. The van der Waals surface area contributed by atoms with E-state index in [1.165, 1.54) is 24.3 Å². The zero-order valence-corrected chi connectivity index (χ0v) is 18.4. The molecule has 4 rings (SSSR count). The molecule has 1 N–H and O–H groups in total. The minimum absolute atomic E-state index is 0.0436. The highest BCUT2D eigenvalue weighted by atomic mass is 32.2. The third-order valence-corrected chi connectivity index (χ3v) is 6.83. The number of amides is 1. The minimum atomic E-state index is -3.70. The van der Waals surface area contributed by atoms with Crippen LogP contribution in [0.1, 0.15) is 10.4 Å². The minimum Gasteiger partial charge on any atom is -0.368 e. The summed E-state index contributed by atoms with van der Waals surface area (Å²) in [5.74, 6) is -0.129. The van der Waals surface area contributed by atoms with Crippen molar-refractivity contribution in [3.63, 3.8) is 0 Å². The Bertz CT molecular complexity index is 1240. The van der Waals surface area contributed by atoms with Crippen LogP contribution < -0.4 is 9.62 Å². The number of piperazine rings is 1. The van der Waals surface area contributed by atoms with Crippen LogP contribution in [0.25, 0.3) is 0 Å². The average molecular weight is 467 g/mol. The van der Waals surface area contributed by atoms with Crippen LogP contribution in [0.3, 0.4) is 0 Å². The molecule has 1 aliphatic rings. The molecule has 1 saturated heterocycles. The lowest BCUT2D eigenvalue weighted by molar-refractivity contribution is -0.384. The molecule has 0 unspecified atom stereocenters. The number of carbonyl (C=O) groups is 1. The number of nitrogens with one attached hydrogen (secondary N) is 1. The van der Waals surface area contributed by atoms with E-state index in [-0.39, 0.29) is 16.5 Å². The molecule has 0 aromatic heterocycles. The van der Waals surface area contributed by atoms with Crippen molar-refractivity contribution in [2.45, 2.75) is 4.90 Å². The molecule has 0 aliphatic carbocycles. The zero-order chi connectivity index (χ0) is 23.4. The number of nitro benzene ring substituents is 1. The zero-order valence-electron chi connectivity index (χ0n) is 17.6. The van der Waals surface area contributed by atoms with E-state index in [0.717, 1.165) is 5.69 Å². The molecule has 1 fully saturated rings. The second-order valence-electron chi connectivity index (χ2n) is 7.55. The molecule has 10 heteroatoms. The smallest absolute Gasteiger partial charge is 0.269 e. The Balaban J connectivity index is 1.36. The summed E-state index contributed by atoms with van der Waals surface area (Å²) < 4.78 is 27.4. The summed E-state index contributed by atoms with van der Waals surface area (Å²) in [6, 6.07) is 20.8. The van der Waals surface area contributed by atoms with Crippen molar-refractivity contribution >= 4 is 33.0 Å². The molecule has 0 radical (unpaired) electrons. The van der Waals surface area contributed by atoms with Crippen molar-refractivity contribution in [1.29, 1.82) is 0 Å². The summed E-state index contributed by atoms with van der Waals surface area (Å²) in [5, 5.41) is 10.8. The van der Waals surface area contributed by atoms with Crippen molar-refractivity contribution in [2.75, 3.05) is 35.8 Å². The van der Waals surface area contributed by atoms with Crippen molar-refractivity contribution < 1.29 is 18.1 Å². The average Bonchev–Trinajstić information content (AvgIpc) is 2.84. The Morgan fingerprint density at radius 3 is 2.03 bits per heavy atom. The fourth-order valence-corrected chi connectivity index (χ4v) is 4.71. The number of hydrogen-bond acceptors (Lipinski definition) is 6. The van der Waals surface area contributed by atoms with Gasteiger partial charge < -0.3 is 9.80 Å². The second kappa shape index (κ2) is 9.29.